The average molecular weight is 285 g/mol. The first-order valence-corrected chi connectivity index (χ1v) is 5.49. The van der Waals surface area contributed by atoms with E-state index in [4.69, 9.17) is 11.0 Å². The smallest absolute Gasteiger partial charge is 0.406 e. The van der Waals surface area contributed by atoms with Crippen LogP contribution < -0.4 is 10.5 Å². The van der Waals surface area contributed by atoms with Crippen LogP contribution in [0.4, 0.5) is 13.2 Å². The zero-order valence-electron chi connectivity index (χ0n) is 10.3. The third-order valence-corrected chi connectivity index (χ3v) is 2.35. The molecule has 0 aliphatic heterocycles. The summed E-state index contributed by atoms with van der Waals surface area (Å²) < 4.78 is 40.1. The average Bonchev–Trinajstić information content (AvgIpc) is 2.67. The molecule has 0 bridgehead atoms. The van der Waals surface area contributed by atoms with E-state index in [0.29, 0.717) is 5.52 Å². The third kappa shape index (κ3) is 3.36. The molecule has 2 aromatic rings. The normalized spacial score (nSPS) is 14.8. The molecule has 0 spiro atoms. The molecule has 6 nitrogen and oxygen atoms in total. The molecule has 0 fully saturated rings. The van der Waals surface area contributed by atoms with Gasteiger partial charge in [0.25, 0.3) is 0 Å². The molecule has 0 saturated heterocycles. The number of nitriles is 1. The van der Waals surface area contributed by atoms with E-state index >= 15 is 0 Å². The fourth-order valence-electron chi connectivity index (χ4n) is 1.54. The Morgan fingerprint density at radius 2 is 2.00 bits per heavy atom. The highest BCUT2D eigenvalue weighted by molar-refractivity contribution is 5.75. The van der Waals surface area contributed by atoms with Crippen molar-refractivity contribution in [2.75, 3.05) is 0 Å². The van der Waals surface area contributed by atoms with Crippen LogP contribution in [-0.4, -0.2) is 26.9 Å². The summed E-state index contributed by atoms with van der Waals surface area (Å²) in [4.78, 5) is 1.17. The summed E-state index contributed by atoms with van der Waals surface area (Å²) in [7, 11) is 0. The van der Waals surface area contributed by atoms with Crippen molar-refractivity contribution in [3.05, 3.63) is 18.2 Å². The molecule has 1 aromatic carbocycles. The van der Waals surface area contributed by atoms with E-state index in [1.807, 2.05) is 6.07 Å². The Hall–Kier alpha value is -2.34. The molecule has 1 heterocycles. The number of benzene rings is 1. The van der Waals surface area contributed by atoms with Crippen LogP contribution >= 0.6 is 0 Å². The van der Waals surface area contributed by atoms with E-state index in [9.17, 15) is 13.2 Å². The maximum absolute atomic E-state index is 12.1. The van der Waals surface area contributed by atoms with Gasteiger partial charge in [-0.2, -0.15) is 20.3 Å². The summed E-state index contributed by atoms with van der Waals surface area (Å²) in [5, 5.41) is 16.8. The summed E-state index contributed by atoms with van der Waals surface area (Å²) in [6, 6.07) is 5.48. The van der Waals surface area contributed by atoms with Crippen LogP contribution in [0, 0.1) is 11.3 Å². The second kappa shape index (κ2) is 4.64. The topological polar surface area (TPSA) is 89.8 Å². The lowest BCUT2D eigenvalue weighted by Gasteiger charge is -2.13. The Balaban J connectivity index is 2.29. The monoisotopic (exact) mass is 285 g/mol. The molecule has 0 radical (unpaired) electrons. The quantitative estimate of drug-likeness (QED) is 0.924. The lowest BCUT2D eigenvalue weighted by molar-refractivity contribution is -0.274. The van der Waals surface area contributed by atoms with Crippen molar-refractivity contribution in [2.24, 2.45) is 5.73 Å². The van der Waals surface area contributed by atoms with Crippen molar-refractivity contribution < 1.29 is 17.9 Å². The molecule has 9 heteroatoms. The molecule has 0 amide bonds. The molecular formula is C11H10F3N5O. The molecule has 0 aliphatic carbocycles. The minimum atomic E-state index is -4.76. The maximum atomic E-state index is 12.1. The van der Waals surface area contributed by atoms with Crippen molar-refractivity contribution in [3.63, 3.8) is 0 Å². The van der Waals surface area contributed by atoms with Crippen LogP contribution in [-0.2, 0) is 6.54 Å². The number of fused-ring (bicyclic) bond motifs is 1. The Kier molecular flexibility index (Phi) is 3.27. The fourth-order valence-corrected chi connectivity index (χ4v) is 1.54. The van der Waals surface area contributed by atoms with E-state index in [2.05, 4.69) is 14.9 Å². The Morgan fingerprint density at radius 3 is 2.60 bits per heavy atom. The number of hydrogen-bond acceptors (Lipinski definition) is 5. The summed E-state index contributed by atoms with van der Waals surface area (Å²) in [6.45, 7) is 1.52. The van der Waals surface area contributed by atoms with Gasteiger partial charge in [0, 0.05) is 6.07 Å². The number of nitrogens with zero attached hydrogens (tertiary/aromatic N) is 4. The van der Waals surface area contributed by atoms with Crippen LogP contribution in [0.1, 0.15) is 6.92 Å². The van der Waals surface area contributed by atoms with Gasteiger partial charge in [-0.05, 0) is 19.1 Å². The molecule has 106 valence electrons. The SMILES string of the molecule is CC(N)(C#N)Cn1nc2ccc(OC(F)(F)F)cc2n1. The Labute approximate surface area is 111 Å². The predicted molar refractivity (Wildman–Crippen MR) is 62.4 cm³/mol. The summed E-state index contributed by atoms with van der Waals surface area (Å²) >= 11 is 0. The molecule has 2 N–H and O–H groups in total. The number of aromatic nitrogens is 3. The van der Waals surface area contributed by atoms with Crippen molar-refractivity contribution in [1.29, 1.82) is 5.26 Å². The summed E-state index contributed by atoms with van der Waals surface area (Å²) in [5.41, 5.74) is 5.09. The van der Waals surface area contributed by atoms with Gasteiger partial charge in [0.1, 0.15) is 22.3 Å². The zero-order valence-corrected chi connectivity index (χ0v) is 10.3. The fraction of sp³-hybridized carbons (Fsp3) is 0.364. The first kappa shape index (κ1) is 14.1. The molecule has 1 atom stereocenters. The number of alkyl halides is 3. The molecule has 20 heavy (non-hydrogen) atoms. The van der Waals surface area contributed by atoms with E-state index in [1.54, 1.807) is 0 Å². The maximum Gasteiger partial charge on any atom is 0.573 e. The highest BCUT2D eigenvalue weighted by atomic mass is 19.4. The van der Waals surface area contributed by atoms with E-state index in [1.165, 1.54) is 17.8 Å². The lowest BCUT2D eigenvalue weighted by atomic mass is 10.1. The van der Waals surface area contributed by atoms with Gasteiger partial charge in [-0.1, -0.05) is 0 Å². The Morgan fingerprint density at radius 1 is 1.35 bits per heavy atom. The first-order chi connectivity index (χ1) is 9.18. The van der Waals surface area contributed by atoms with Crippen molar-refractivity contribution in [3.8, 4) is 11.8 Å². The van der Waals surface area contributed by atoms with Gasteiger partial charge in [-0.3, -0.25) is 0 Å². The van der Waals surface area contributed by atoms with Crippen molar-refractivity contribution in [2.45, 2.75) is 25.4 Å². The van der Waals surface area contributed by atoms with Gasteiger partial charge in [0.2, 0.25) is 0 Å². The largest absolute Gasteiger partial charge is 0.573 e. The molecule has 0 aliphatic rings. The van der Waals surface area contributed by atoms with Crippen LogP contribution in [0.2, 0.25) is 0 Å². The second-order valence-electron chi connectivity index (χ2n) is 4.46. The van der Waals surface area contributed by atoms with E-state index in [0.717, 1.165) is 12.1 Å². The van der Waals surface area contributed by atoms with E-state index in [-0.39, 0.29) is 17.8 Å². The Bertz CT molecular complexity index is 671. The first-order valence-electron chi connectivity index (χ1n) is 5.49. The van der Waals surface area contributed by atoms with Crippen molar-refractivity contribution >= 4 is 11.0 Å². The molecule has 0 saturated carbocycles. The number of hydrogen-bond donors (Lipinski definition) is 1. The standard InChI is InChI=1S/C11H10F3N5O/c1-10(16,5-15)6-19-17-8-3-2-7(4-9(8)18-19)20-11(12,13)14/h2-4H,6,16H2,1H3. The number of nitrogens with two attached hydrogens (primary N) is 1. The number of halogens is 3. The predicted octanol–water partition coefficient (Wildman–Crippen LogP) is 1.57. The molecule has 1 unspecified atom stereocenters. The molecule has 2 rings (SSSR count). The third-order valence-electron chi connectivity index (χ3n) is 2.35. The zero-order chi connectivity index (χ0) is 15.0. The minimum Gasteiger partial charge on any atom is -0.406 e. The van der Waals surface area contributed by atoms with Crippen LogP contribution in [0.25, 0.3) is 11.0 Å². The van der Waals surface area contributed by atoms with Gasteiger partial charge in [-0.25, -0.2) is 0 Å². The van der Waals surface area contributed by atoms with Gasteiger partial charge in [0.05, 0.1) is 12.6 Å². The van der Waals surface area contributed by atoms with Gasteiger partial charge >= 0.3 is 6.36 Å². The summed E-state index contributed by atoms with van der Waals surface area (Å²) in [6.07, 6.45) is -4.76. The number of rotatable bonds is 3. The molecular weight excluding hydrogens is 275 g/mol. The highest BCUT2D eigenvalue weighted by Gasteiger charge is 2.31. The van der Waals surface area contributed by atoms with Crippen LogP contribution in [0.15, 0.2) is 18.2 Å². The summed E-state index contributed by atoms with van der Waals surface area (Å²) in [5.74, 6) is -0.382. The highest BCUT2D eigenvalue weighted by Crippen LogP contribution is 2.25. The van der Waals surface area contributed by atoms with Gasteiger partial charge < -0.3 is 10.5 Å². The minimum absolute atomic E-state index is 0.0215. The van der Waals surface area contributed by atoms with Gasteiger partial charge in [0.15, 0.2) is 0 Å². The molecule has 1 aromatic heterocycles. The van der Waals surface area contributed by atoms with E-state index < -0.39 is 11.9 Å². The van der Waals surface area contributed by atoms with Crippen molar-refractivity contribution in [1.82, 2.24) is 15.0 Å². The van der Waals surface area contributed by atoms with Gasteiger partial charge in [-0.15, -0.1) is 13.2 Å². The lowest BCUT2D eigenvalue weighted by Crippen LogP contribution is -2.39. The second-order valence-corrected chi connectivity index (χ2v) is 4.46. The number of ether oxygens (including phenoxy) is 1. The van der Waals surface area contributed by atoms with Crippen LogP contribution in [0.5, 0.6) is 5.75 Å². The van der Waals surface area contributed by atoms with Crippen LogP contribution in [0.3, 0.4) is 0 Å².